The van der Waals surface area contributed by atoms with Gasteiger partial charge in [0.15, 0.2) is 0 Å². The van der Waals surface area contributed by atoms with Crippen molar-refractivity contribution in [3.63, 3.8) is 0 Å². The molecule has 1 aliphatic carbocycles. The first-order valence-corrected chi connectivity index (χ1v) is 7.56. The van der Waals surface area contributed by atoms with E-state index in [1.807, 2.05) is 35.7 Å². The second-order valence-electron chi connectivity index (χ2n) is 4.86. The molecule has 1 heterocycles. The van der Waals surface area contributed by atoms with Gasteiger partial charge in [0.05, 0.1) is 11.4 Å². The van der Waals surface area contributed by atoms with Gasteiger partial charge < -0.3 is 11.1 Å². The number of rotatable bonds is 3. The number of nitrogens with two attached hydrogens (primary N) is 1. The molecule has 0 aliphatic heterocycles. The molecule has 0 radical (unpaired) electrons. The number of hydrogen-bond acceptors (Lipinski definition) is 3. The molecule has 1 aromatic carbocycles. The zero-order valence-electron chi connectivity index (χ0n) is 11.1. The van der Waals surface area contributed by atoms with Crippen LogP contribution in [0.2, 0.25) is 0 Å². The molecule has 1 aromatic heterocycles. The lowest BCUT2D eigenvalue weighted by Gasteiger charge is -2.10. The molecule has 0 saturated carbocycles. The van der Waals surface area contributed by atoms with Gasteiger partial charge in [0.1, 0.15) is 0 Å². The van der Waals surface area contributed by atoms with Crippen LogP contribution < -0.4 is 11.1 Å². The predicted octanol–water partition coefficient (Wildman–Crippen LogP) is 4.05. The number of hydrogen-bond donors (Lipinski definition) is 2. The normalized spacial score (nSPS) is 14.1. The van der Waals surface area contributed by atoms with E-state index in [0.717, 1.165) is 30.4 Å². The van der Waals surface area contributed by atoms with Crippen LogP contribution in [0.1, 0.15) is 19.3 Å². The van der Waals surface area contributed by atoms with Gasteiger partial charge in [-0.15, -0.1) is 11.3 Å². The maximum absolute atomic E-state index is 12.1. The maximum atomic E-state index is 12.1. The molecule has 0 atom stereocenters. The Morgan fingerprint density at radius 3 is 2.90 bits per heavy atom. The lowest BCUT2D eigenvalue weighted by atomic mass is 10.1. The van der Waals surface area contributed by atoms with Crippen LogP contribution in [0, 0.1) is 0 Å². The van der Waals surface area contributed by atoms with Crippen LogP contribution in [-0.4, -0.2) is 5.91 Å². The molecule has 0 unspecified atom stereocenters. The summed E-state index contributed by atoms with van der Waals surface area (Å²) in [5.74, 6) is -0.0301. The Kier molecular flexibility index (Phi) is 3.56. The van der Waals surface area contributed by atoms with Gasteiger partial charge in [-0.05, 0) is 48.4 Å². The predicted molar refractivity (Wildman–Crippen MR) is 84.7 cm³/mol. The third-order valence-electron chi connectivity index (χ3n) is 3.44. The molecule has 3 rings (SSSR count). The van der Waals surface area contributed by atoms with Crippen molar-refractivity contribution in [2.75, 3.05) is 11.1 Å². The lowest BCUT2D eigenvalue weighted by Crippen LogP contribution is -2.14. The first-order chi connectivity index (χ1) is 9.74. The molecule has 1 aliphatic rings. The van der Waals surface area contributed by atoms with Crippen molar-refractivity contribution >= 4 is 28.6 Å². The van der Waals surface area contributed by atoms with Gasteiger partial charge in [0, 0.05) is 10.5 Å². The molecule has 1 amide bonds. The number of benzene rings is 1. The van der Waals surface area contributed by atoms with E-state index in [1.165, 1.54) is 4.88 Å². The summed E-state index contributed by atoms with van der Waals surface area (Å²) >= 11 is 1.67. The van der Waals surface area contributed by atoms with Gasteiger partial charge in [-0.2, -0.15) is 0 Å². The Labute approximate surface area is 122 Å². The summed E-state index contributed by atoms with van der Waals surface area (Å²) in [7, 11) is 0. The van der Waals surface area contributed by atoms with Crippen LogP contribution >= 0.6 is 11.3 Å². The summed E-state index contributed by atoms with van der Waals surface area (Å²) in [5.41, 5.74) is 9.18. The molecule has 3 N–H and O–H groups in total. The van der Waals surface area contributed by atoms with Crippen molar-refractivity contribution in [3.05, 3.63) is 47.4 Å². The van der Waals surface area contributed by atoms with E-state index in [4.69, 9.17) is 5.73 Å². The first kappa shape index (κ1) is 12.9. The van der Waals surface area contributed by atoms with Crippen LogP contribution in [0.15, 0.2) is 47.4 Å². The molecule has 0 saturated heterocycles. The van der Waals surface area contributed by atoms with Crippen LogP contribution in [0.3, 0.4) is 0 Å². The molecule has 0 bridgehead atoms. The Balaban J connectivity index is 1.85. The average Bonchev–Trinajstić information content (AvgIpc) is 3.14. The molecule has 0 spiro atoms. The molecule has 102 valence electrons. The SMILES string of the molecule is Nc1ccc(-c2cccs2)cc1NC(=O)C1=CCCC1. The fourth-order valence-electron chi connectivity index (χ4n) is 2.34. The van der Waals surface area contributed by atoms with Crippen LogP contribution in [0.4, 0.5) is 11.4 Å². The zero-order valence-corrected chi connectivity index (χ0v) is 11.9. The van der Waals surface area contributed by atoms with Gasteiger partial charge in [-0.25, -0.2) is 0 Å². The number of amides is 1. The second kappa shape index (κ2) is 5.51. The van der Waals surface area contributed by atoms with Crippen LogP contribution in [0.5, 0.6) is 0 Å². The summed E-state index contributed by atoms with van der Waals surface area (Å²) in [5, 5.41) is 4.96. The van der Waals surface area contributed by atoms with E-state index in [-0.39, 0.29) is 5.91 Å². The van der Waals surface area contributed by atoms with Crippen molar-refractivity contribution in [1.29, 1.82) is 0 Å². The molecular formula is C16H16N2OS. The summed E-state index contributed by atoms with van der Waals surface area (Å²) in [6, 6.07) is 9.83. The fraction of sp³-hybridized carbons (Fsp3) is 0.188. The standard InChI is InChI=1S/C16H16N2OS/c17-13-8-7-12(15-6-3-9-20-15)10-14(13)18-16(19)11-4-1-2-5-11/h3-4,6-10H,1-2,5,17H2,(H,18,19). The monoisotopic (exact) mass is 284 g/mol. The topological polar surface area (TPSA) is 55.1 Å². The van der Waals surface area contributed by atoms with Gasteiger partial charge >= 0.3 is 0 Å². The highest BCUT2D eigenvalue weighted by Crippen LogP contribution is 2.30. The molecule has 2 aromatic rings. The highest BCUT2D eigenvalue weighted by atomic mass is 32.1. The van der Waals surface area contributed by atoms with E-state index < -0.39 is 0 Å². The van der Waals surface area contributed by atoms with E-state index in [0.29, 0.717) is 11.4 Å². The third-order valence-corrected chi connectivity index (χ3v) is 4.36. The summed E-state index contributed by atoms with van der Waals surface area (Å²) in [4.78, 5) is 13.3. The smallest absolute Gasteiger partial charge is 0.251 e. The Morgan fingerprint density at radius 1 is 1.30 bits per heavy atom. The third kappa shape index (κ3) is 2.60. The van der Waals surface area contributed by atoms with Crippen LogP contribution in [0.25, 0.3) is 10.4 Å². The molecule has 0 fully saturated rings. The van der Waals surface area contributed by atoms with E-state index in [1.54, 1.807) is 11.3 Å². The minimum absolute atomic E-state index is 0.0301. The summed E-state index contributed by atoms with van der Waals surface area (Å²) < 4.78 is 0. The number of anilines is 2. The van der Waals surface area contributed by atoms with E-state index in [2.05, 4.69) is 11.4 Å². The lowest BCUT2D eigenvalue weighted by molar-refractivity contribution is -0.112. The number of carbonyl (C=O) groups excluding carboxylic acids is 1. The minimum Gasteiger partial charge on any atom is -0.397 e. The van der Waals surface area contributed by atoms with Crippen molar-refractivity contribution in [3.8, 4) is 10.4 Å². The first-order valence-electron chi connectivity index (χ1n) is 6.68. The van der Waals surface area contributed by atoms with Crippen molar-refractivity contribution < 1.29 is 4.79 Å². The number of carbonyl (C=O) groups is 1. The Hall–Kier alpha value is -2.07. The average molecular weight is 284 g/mol. The Bertz CT molecular complexity index is 659. The Morgan fingerprint density at radius 2 is 2.20 bits per heavy atom. The van der Waals surface area contributed by atoms with Gasteiger partial charge in [0.25, 0.3) is 5.91 Å². The van der Waals surface area contributed by atoms with Crippen molar-refractivity contribution in [2.24, 2.45) is 0 Å². The number of thiophene rings is 1. The summed E-state index contributed by atoms with van der Waals surface area (Å²) in [6.45, 7) is 0. The van der Waals surface area contributed by atoms with E-state index in [9.17, 15) is 4.79 Å². The van der Waals surface area contributed by atoms with Crippen molar-refractivity contribution in [1.82, 2.24) is 0 Å². The largest absolute Gasteiger partial charge is 0.397 e. The summed E-state index contributed by atoms with van der Waals surface area (Å²) in [6.07, 6.45) is 4.92. The second-order valence-corrected chi connectivity index (χ2v) is 5.80. The highest BCUT2D eigenvalue weighted by molar-refractivity contribution is 7.13. The quantitative estimate of drug-likeness (QED) is 0.835. The molecular weight excluding hydrogens is 268 g/mol. The molecule has 20 heavy (non-hydrogen) atoms. The van der Waals surface area contributed by atoms with Gasteiger partial charge in [0.2, 0.25) is 0 Å². The van der Waals surface area contributed by atoms with Crippen LogP contribution in [-0.2, 0) is 4.79 Å². The minimum atomic E-state index is -0.0301. The van der Waals surface area contributed by atoms with Gasteiger partial charge in [-0.1, -0.05) is 18.2 Å². The highest BCUT2D eigenvalue weighted by Gasteiger charge is 2.14. The number of allylic oxidation sites excluding steroid dienone is 1. The zero-order chi connectivity index (χ0) is 13.9. The van der Waals surface area contributed by atoms with E-state index >= 15 is 0 Å². The number of nitrogen functional groups attached to an aromatic ring is 1. The number of nitrogens with one attached hydrogen (secondary N) is 1. The van der Waals surface area contributed by atoms with Crippen molar-refractivity contribution in [2.45, 2.75) is 19.3 Å². The molecule has 3 nitrogen and oxygen atoms in total. The van der Waals surface area contributed by atoms with Gasteiger partial charge in [-0.3, -0.25) is 4.79 Å². The fourth-order valence-corrected chi connectivity index (χ4v) is 3.06. The maximum Gasteiger partial charge on any atom is 0.251 e. The molecule has 4 heteroatoms.